The van der Waals surface area contributed by atoms with Gasteiger partial charge in [0, 0.05) is 24.1 Å². The molecule has 2 aromatic carbocycles. The molecule has 1 heterocycles. The minimum atomic E-state index is -0.862. The van der Waals surface area contributed by atoms with Crippen molar-refractivity contribution in [3.63, 3.8) is 0 Å². The Bertz CT molecular complexity index is 1210. The normalized spacial score (nSPS) is 12.4. The Morgan fingerprint density at radius 3 is 2.58 bits per heavy atom. The van der Waals surface area contributed by atoms with E-state index in [0.717, 1.165) is 0 Å². The summed E-state index contributed by atoms with van der Waals surface area (Å²) in [6, 6.07) is 7.53. The van der Waals surface area contributed by atoms with Crippen molar-refractivity contribution in [2.24, 2.45) is 11.7 Å². The summed E-state index contributed by atoms with van der Waals surface area (Å²) in [6.07, 6.45) is 1.50. The van der Waals surface area contributed by atoms with Crippen LogP contribution in [-0.2, 0) is 6.42 Å². The zero-order valence-electron chi connectivity index (χ0n) is 17.5. The highest BCUT2D eigenvalue weighted by Crippen LogP contribution is 2.31. The molecule has 0 aliphatic rings. The number of carbonyl (C=O) groups is 1. The van der Waals surface area contributed by atoms with Crippen molar-refractivity contribution in [3.05, 3.63) is 74.3 Å². The molecular weight excluding hydrogens is 423 g/mol. The molecule has 6 nitrogen and oxygen atoms in total. The zero-order valence-corrected chi connectivity index (χ0v) is 18.2. The third kappa shape index (κ3) is 4.29. The standard InChI is InChI=1S/C23H24ClFN2O4/c1-12(2)19(11-28)27-10-16(23(26)30)22(29)15-8-14(20(31-3)9-18(15)27)7-13-5-4-6-17(24)21(13)25/h4-6,8-10,12,19,28H,7,11H2,1-3H3,(H2,26,30)/t19-/m1/s1. The van der Waals surface area contributed by atoms with Gasteiger partial charge in [-0.3, -0.25) is 9.59 Å². The van der Waals surface area contributed by atoms with E-state index in [9.17, 15) is 19.1 Å². The van der Waals surface area contributed by atoms with Crippen molar-refractivity contribution in [1.82, 2.24) is 4.57 Å². The SMILES string of the molecule is COc1cc2c(cc1Cc1cccc(Cl)c1F)c(=O)c(C(N)=O)cn2[C@H](CO)C(C)C. The van der Waals surface area contributed by atoms with Crippen molar-refractivity contribution in [1.29, 1.82) is 0 Å². The third-order valence-corrected chi connectivity index (χ3v) is 5.72. The molecule has 0 saturated carbocycles. The summed E-state index contributed by atoms with van der Waals surface area (Å²) in [5.74, 6) is -0.968. The number of benzene rings is 2. The van der Waals surface area contributed by atoms with Gasteiger partial charge in [0.25, 0.3) is 5.91 Å². The first-order valence-corrected chi connectivity index (χ1v) is 10.2. The van der Waals surface area contributed by atoms with E-state index in [1.807, 2.05) is 13.8 Å². The fourth-order valence-electron chi connectivity index (χ4n) is 3.71. The van der Waals surface area contributed by atoms with Gasteiger partial charge in [-0.25, -0.2) is 4.39 Å². The van der Waals surface area contributed by atoms with Gasteiger partial charge in [-0.05, 0) is 29.2 Å². The summed E-state index contributed by atoms with van der Waals surface area (Å²) in [6.45, 7) is 3.64. The van der Waals surface area contributed by atoms with Crippen molar-refractivity contribution in [2.45, 2.75) is 26.3 Å². The quantitative estimate of drug-likeness (QED) is 0.578. The number of ether oxygens (including phenoxy) is 1. The molecule has 0 aliphatic heterocycles. The van der Waals surface area contributed by atoms with E-state index in [1.54, 1.807) is 28.8 Å². The van der Waals surface area contributed by atoms with E-state index in [1.165, 1.54) is 19.4 Å². The van der Waals surface area contributed by atoms with Crippen molar-refractivity contribution in [2.75, 3.05) is 13.7 Å². The molecule has 1 amide bonds. The highest BCUT2D eigenvalue weighted by Gasteiger charge is 2.22. The Morgan fingerprint density at radius 2 is 2.00 bits per heavy atom. The van der Waals surface area contributed by atoms with E-state index in [2.05, 4.69) is 0 Å². The predicted molar refractivity (Wildman–Crippen MR) is 118 cm³/mol. The molecule has 0 unspecified atom stereocenters. The van der Waals surface area contributed by atoms with Crippen LogP contribution in [0.1, 0.15) is 41.4 Å². The summed E-state index contributed by atoms with van der Waals surface area (Å²) < 4.78 is 21.7. The molecule has 31 heavy (non-hydrogen) atoms. The molecule has 0 bridgehead atoms. The fraction of sp³-hybridized carbons (Fsp3) is 0.304. The number of carbonyl (C=O) groups excluding carboxylic acids is 1. The number of rotatable bonds is 7. The zero-order chi connectivity index (χ0) is 22.9. The molecule has 3 N–H and O–H groups in total. The van der Waals surface area contributed by atoms with Gasteiger partial charge >= 0.3 is 0 Å². The molecule has 0 saturated heterocycles. The smallest absolute Gasteiger partial charge is 0.254 e. The number of methoxy groups -OCH3 is 1. The van der Waals surface area contributed by atoms with Crippen LogP contribution in [-0.4, -0.2) is 29.3 Å². The van der Waals surface area contributed by atoms with Crippen LogP contribution >= 0.6 is 11.6 Å². The van der Waals surface area contributed by atoms with Gasteiger partial charge in [0.15, 0.2) is 0 Å². The van der Waals surface area contributed by atoms with Crippen LogP contribution in [0.3, 0.4) is 0 Å². The number of primary amides is 1. The summed E-state index contributed by atoms with van der Waals surface area (Å²) in [4.78, 5) is 25.0. The minimum absolute atomic E-state index is 0.00153. The lowest BCUT2D eigenvalue weighted by Gasteiger charge is -2.25. The van der Waals surface area contributed by atoms with Gasteiger partial charge in [-0.15, -0.1) is 0 Å². The Hall–Kier alpha value is -2.90. The maximum atomic E-state index is 14.5. The van der Waals surface area contributed by atoms with Crippen LogP contribution in [0.5, 0.6) is 5.75 Å². The molecule has 3 aromatic rings. The van der Waals surface area contributed by atoms with Crippen LogP contribution < -0.4 is 15.9 Å². The number of hydrogen-bond acceptors (Lipinski definition) is 4. The topological polar surface area (TPSA) is 94.5 Å². The number of fused-ring (bicyclic) bond motifs is 1. The lowest BCUT2D eigenvalue weighted by atomic mass is 9.98. The second kappa shape index (κ2) is 9.08. The van der Waals surface area contributed by atoms with Crippen LogP contribution in [0.2, 0.25) is 5.02 Å². The number of halogens is 2. The molecule has 0 spiro atoms. The highest BCUT2D eigenvalue weighted by molar-refractivity contribution is 6.30. The number of aliphatic hydroxyl groups is 1. The third-order valence-electron chi connectivity index (χ3n) is 5.43. The van der Waals surface area contributed by atoms with Gasteiger partial charge in [-0.1, -0.05) is 37.6 Å². The number of pyridine rings is 1. The van der Waals surface area contributed by atoms with Crippen molar-refractivity contribution in [3.8, 4) is 5.75 Å². The summed E-state index contributed by atoms with van der Waals surface area (Å²) in [7, 11) is 1.48. The van der Waals surface area contributed by atoms with E-state index in [4.69, 9.17) is 22.1 Å². The number of amides is 1. The van der Waals surface area contributed by atoms with E-state index in [0.29, 0.717) is 22.4 Å². The number of nitrogens with zero attached hydrogens (tertiary/aromatic N) is 1. The van der Waals surface area contributed by atoms with E-state index >= 15 is 0 Å². The summed E-state index contributed by atoms with van der Waals surface area (Å²) in [5.41, 5.74) is 6.10. The lowest BCUT2D eigenvalue weighted by molar-refractivity contribution is 0.0997. The van der Waals surface area contributed by atoms with Crippen LogP contribution in [0.25, 0.3) is 10.9 Å². The van der Waals surface area contributed by atoms with Crippen molar-refractivity contribution < 1.29 is 19.0 Å². The predicted octanol–water partition coefficient (Wildman–Crippen LogP) is 3.68. The Labute approximate surface area is 184 Å². The summed E-state index contributed by atoms with van der Waals surface area (Å²) in [5, 5.41) is 10.2. The number of aromatic nitrogens is 1. The average molecular weight is 447 g/mol. The van der Waals surface area contributed by atoms with Crippen LogP contribution in [0.4, 0.5) is 4.39 Å². The molecule has 8 heteroatoms. The minimum Gasteiger partial charge on any atom is -0.496 e. The first-order valence-electron chi connectivity index (χ1n) is 9.78. The second-order valence-corrected chi connectivity index (χ2v) is 8.12. The first kappa shape index (κ1) is 22.8. The largest absolute Gasteiger partial charge is 0.496 e. The average Bonchev–Trinajstić information content (AvgIpc) is 2.72. The number of aliphatic hydroxyl groups excluding tert-OH is 1. The van der Waals surface area contributed by atoms with E-state index in [-0.39, 0.29) is 34.9 Å². The fourth-order valence-corrected chi connectivity index (χ4v) is 3.90. The van der Waals surface area contributed by atoms with Gasteiger partial charge < -0.3 is 20.1 Å². The maximum absolute atomic E-state index is 14.5. The Balaban J connectivity index is 2.32. The molecule has 0 radical (unpaired) electrons. The van der Waals surface area contributed by atoms with Crippen molar-refractivity contribution >= 4 is 28.4 Å². The molecule has 164 valence electrons. The second-order valence-electron chi connectivity index (χ2n) is 7.71. The van der Waals surface area contributed by atoms with Crippen LogP contribution in [0.15, 0.2) is 41.3 Å². The van der Waals surface area contributed by atoms with Gasteiger partial charge in [0.2, 0.25) is 5.43 Å². The first-order chi connectivity index (χ1) is 14.7. The molecular formula is C23H24ClFN2O4. The van der Waals surface area contributed by atoms with Gasteiger partial charge in [-0.2, -0.15) is 0 Å². The maximum Gasteiger partial charge on any atom is 0.254 e. The molecule has 3 rings (SSSR count). The van der Waals surface area contributed by atoms with Gasteiger partial charge in [0.1, 0.15) is 17.1 Å². The molecule has 1 aromatic heterocycles. The van der Waals surface area contributed by atoms with Crippen LogP contribution in [0, 0.1) is 11.7 Å². The Kier molecular flexibility index (Phi) is 6.67. The van der Waals surface area contributed by atoms with Gasteiger partial charge in [0.05, 0.1) is 30.3 Å². The monoisotopic (exact) mass is 446 g/mol. The lowest BCUT2D eigenvalue weighted by Crippen LogP contribution is -2.28. The summed E-state index contributed by atoms with van der Waals surface area (Å²) >= 11 is 5.90. The molecule has 0 aliphatic carbocycles. The number of hydrogen-bond donors (Lipinski definition) is 2. The van der Waals surface area contributed by atoms with E-state index < -0.39 is 23.2 Å². The molecule has 1 atom stereocenters. The highest BCUT2D eigenvalue weighted by atomic mass is 35.5. The number of nitrogens with two attached hydrogens (primary N) is 1. The molecule has 0 fully saturated rings. The Morgan fingerprint density at radius 1 is 1.29 bits per heavy atom.